The Bertz CT molecular complexity index is 1700. The van der Waals surface area contributed by atoms with Crippen molar-refractivity contribution >= 4 is 32.3 Å². The Morgan fingerprint density at radius 2 is 1.03 bits per heavy atom. The second kappa shape index (κ2) is 7.28. The maximum atomic E-state index is 11.0. The number of aromatic hydroxyl groups is 3. The van der Waals surface area contributed by atoms with E-state index in [2.05, 4.69) is 6.07 Å². The van der Waals surface area contributed by atoms with Crippen LogP contribution in [0.3, 0.4) is 0 Å². The van der Waals surface area contributed by atoms with Crippen molar-refractivity contribution < 1.29 is 15.3 Å². The standard InChI is InChI=1S/C30H20O3/c31-19-16-18-6-1-2-7-20(18)27(17-19)26-15-14-23(25-11-5-13-29(33)30(25)26)21-8-3-10-24-22(21)9-4-12-28(24)32/h1-17,31-33H. The summed E-state index contributed by atoms with van der Waals surface area (Å²) in [6, 6.07) is 32.4. The molecule has 0 unspecified atom stereocenters. The molecule has 33 heavy (non-hydrogen) atoms. The molecule has 158 valence electrons. The first kappa shape index (κ1) is 19.2. The molecule has 6 rings (SSSR count). The van der Waals surface area contributed by atoms with Crippen molar-refractivity contribution in [3.8, 4) is 39.5 Å². The normalized spacial score (nSPS) is 11.4. The highest BCUT2D eigenvalue weighted by atomic mass is 16.3. The minimum Gasteiger partial charge on any atom is -0.508 e. The number of fused-ring (bicyclic) bond motifs is 3. The first-order valence-corrected chi connectivity index (χ1v) is 10.8. The van der Waals surface area contributed by atoms with Gasteiger partial charge in [-0.2, -0.15) is 0 Å². The van der Waals surface area contributed by atoms with Gasteiger partial charge in [0.15, 0.2) is 0 Å². The third kappa shape index (κ3) is 2.98. The summed E-state index contributed by atoms with van der Waals surface area (Å²) >= 11 is 0. The van der Waals surface area contributed by atoms with Crippen LogP contribution in [-0.2, 0) is 0 Å². The van der Waals surface area contributed by atoms with E-state index in [9.17, 15) is 15.3 Å². The lowest BCUT2D eigenvalue weighted by atomic mass is 9.88. The summed E-state index contributed by atoms with van der Waals surface area (Å²) in [5.41, 5.74) is 3.65. The lowest BCUT2D eigenvalue weighted by Crippen LogP contribution is -1.89. The molecule has 0 heterocycles. The Kier molecular flexibility index (Phi) is 4.24. The number of rotatable bonds is 2. The summed E-state index contributed by atoms with van der Waals surface area (Å²) in [7, 11) is 0. The van der Waals surface area contributed by atoms with E-state index in [0.717, 1.165) is 54.6 Å². The largest absolute Gasteiger partial charge is 0.508 e. The molecular weight excluding hydrogens is 408 g/mol. The summed E-state index contributed by atoms with van der Waals surface area (Å²) < 4.78 is 0. The molecule has 0 fully saturated rings. The average molecular weight is 428 g/mol. The summed E-state index contributed by atoms with van der Waals surface area (Å²) in [4.78, 5) is 0. The molecule has 6 aromatic carbocycles. The molecule has 3 nitrogen and oxygen atoms in total. The zero-order valence-corrected chi connectivity index (χ0v) is 17.7. The molecule has 0 spiro atoms. The predicted octanol–water partition coefficient (Wildman–Crippen LogP) is 7.60. The fourth-order valence-corrected chi connectivity index (χ4v) is 4.89. The van der Waals surface area contributed by atoms with Gasteiger partial charge in [-0.05, 0) is 68.1 Å². The van der Waals surface area contributed by atoms with E-state index in [-0.39, 0.29) is 17.2 Å². The van der Waals surface area contributed by atoms with E-state index in [1.165, 1.54) is 0 Å². The van der Waals surface area contributed by atoms with E-state index in [1.807, 2.05) is 72.8 Å². The van der Waals surface area contributed by atoms with Gasteiger partial charge in [-0.1, -0.05) is 78.9 Å². The molecule has 0 aliphatic rings. The van der Waals surface area contributed by atoms with Gasteiger partial charge >= 0.3 is 0 Å². The second-order valence-electron chi connectivity index (χ2n) is 8.25. The molecular formula is C30H20O3. The van der Waals surface area contributed by atoms with Crippen molar-refractivity contribution in [2.45, 2.75) is 0 Å². The molecule has 0 aromatic heterocycles. The van der Waals surface area contributed by atoms with Gasteiger partial charge in [0.2, 0.25) is 0 Å². The molecule has 0 saturated carbocycles. The smallest absolute Gasteiger partial charge is 0.124 e. The van der Waals surface area contributed by atoms with Gasteiger partial charge in [-0.15, -0.1) is 0 Å². The fourth-order valence-electron chi connectivity index (χ4n) is 4.89. The zero-order chi connectivity index (χ0) is 22.5. The van der Waals surface area contributed by atoms with E-state index in [4.69, 9.17) is 0 Å². The molecule has 3 N–H and O–H groups in total. The van der Waals surface area contributed by atoms with Crippen LogP contribution in [0.4, 0.5) is 0 Å². The van der Waals surface area contributed by atoms with Crippen molar-refractivity contribution in [2.24, 2.45) is 0 Å². The number of benzene rings is 6. The third-order valence-corrected chi connectivity index (χ3v) is 6.34. The van der Waals surface area contributed by atoms with Crippen LogP contribution in [0.2, 0.25) is 0 Å². The number of hydrogen-bond acceptors (Lipinski definition) is 3. The zero-order valence-electron chi connectivity index (χ0n) is 17.7. The molecule has 0 saturated heterocycles. The van der Waals surface area contributed by atoms with E-state index < -0.39 is 0 Å². The van der Waals surface area contributed by atoms with Crippen LogP contribution in [0.5, 0.6) is 17.2 Å². The minimum atomic E-state index is 0.180. The van der Waals surface area contributed by atoms with Gasteiger partial charge < -0.3 is 15.3 Å². The van der Waals surface area contributed by atoms with Gasteiger partial charge in [0.25, 0.3) is 0 Å². The van der Waals surface area contributed by atoms with Crippen LogP contribution in [0.1, 0.15) is 0 Å². The molecule has 0 aliphatic heterocycles. The fraction of sp³-hybridized carbons (Fsp3) is 0. The van der Waals surface area contributed by atoms with E-state index >= 15 is 0 Å². The molecule has 0 amide bonds. The van der Waals surface area contributed by atoms with Crippen LogP contribution in [0, 0.1) is 0 Å². The highest BCUT2D eigenvalue weighted by Crippen LogP contribution is 2.44. The van der Waals surface area contributed by atoms with Gasteiger partial charge in [0.05, 0.1) is 0 Å². The summed E-state index contributed by atoms with van der Waals surface area (Å²) in [5, 5.41) is 37.0. The second-order valence-corrected chi connectivity index (χ2v) is 8.25. The van der Waals surface area contributed by atoms with Crippen LogP contribution in [0.15, 0.2) is 103 Å². The van der Waals surface area contributed by atoms with Gasteiger partial charge in [-0.25, -0.2) is 0 Å². The molecule has 0 aliphatic carbocycles. The Morgan fingerprint density at radius 1 is 0.394 bits per heavy atom. The van der Waals surface area contributed by atoms with Crippen molar-refractivity contribution in [2.75, 3.05) is 0 Å². The quantitative estimate of drug-likeness (QED) is 0.266. The lowest BCUT2D eigenvalue weighted by molar-refractivity contribution is 0.476. The Labute approximate surface area is 190 Å². The molecule has 6 aromatic rings. The first-order chi connectivity index (χ1) is 16.1. The summed E-state index contributed by atoms with van der Waals surface area (Å²) in [5.74, 6) is 0.602. The van der Waals surface area contributed by atoms with Gasteiger partial charge in [-0.3, -0.25) is 0 Å². The van der Waals surface area contributed by atoms with Crippen LogP contribution in [-0.4, -0.2) is 15.3 Å². The molecule has 0 atom stereocenters. The topological polar surface area (TPSA) is 60.7 Å². The molecule has 0 bridgehead atoms. The molecule has 0 radical (unpaired) electrons. The highest BCUT2D eigenvalue weighted by molar-refractivity contribution is 6.14. The predicted molar refractivity (Wildman–Crippen MR) is 135 cm³/mol. The number of phenolic OH excluding ortho intramolecular Hbond substituents is 3. The van der Waals surface area contributed by atoms with Crippen molar-refractivity contribution in [1.29, 1.82) is 0 Å². The minimum absolute atomic E-state index is 0.180. The third-order valence-electron chi connectivity index (χ3n) is 6.34. The Balaban J connectivity index is 1.71. The lowest BCUT2D eigenvalue weighted by Gasteiger charge is -2.16. The Morgan fingerprint density at radius 3 is 1.91 bits per heavy atom. The van der Waals surface area contributed by atoms with Crippen LogP contribution in [0.25, 0.3) is 54.6 Å². The van der Waals surface area contributed by atoms with Crippen molar-refractivity contribution in [3.63, 3.8) is 0 Å². The van der Waals surface area contributed by atoms with Crippen molar-refractivity contribution in [1.82, 2.24) is 0 Å². The number of hydrogen-bond donors (Lipinski definition) is 3. The Hall–Kier alpha value is -4.50. The molecule has 3 heteroatoms. The van der Waals surface area contributed by atoms with Crippen LogP contribution >= 0.6 is 0 Å². The highest BCUT2D eigenvalue weighted by Gasteiger charge is 2.16. The first-order valence-electron chi connectivity index (χ1n) is 10.8. The monoisotopic (exact) mass is 428 g/mol. The SMILES string of the molecule is Oc1cc(-c2ccc(-c3cccc4c(O)cccc34)c3cccc(O)c23)c2ccccc2c1. The van der Waals surface area contributed by atoms with E-state index in [0.29, 0.717) is 0 Å². The maximum Gasteiger partial charge on any atom is 0.124 e. The summed E-state index contributed by atoms with van der Waals surface area (Å²) in [6.07, 6.45) is 0. The van der Waals surface area contributed by atoms with Gasteiger partial charge in [0, 0.05) is 10.8 Å². The average Bonchev–Trinajstić information content (AvgIpc) is 2.83. The maximum absolute atomic E-state index is 11.0. The van der Waals surface area contributed by atoms with Crippen molar-refractivity contribution in [3.05, 3.63) is 103 Å². The summed E-state index contributed by atoms with van der Waals surface area (Å²) in [6.45, 7) is 0. The van der Waals surface area contributed by atoms with E-state index in [1.54, 1.807) is 24.3 Å². The van der Waals surface area contributed by atoms with Gasteiger partial charge in [0.1, 0.15) is 17.2 Å². The number of phenols is 3. The van der Waals surface area contributed by atoms with Crippen LogP contribution < -0.4 is 0 Å².